The smallest absolute Gasteiger partial charge is 0.274 e. The molecule has 0 aliphatic rings. The SMILES string of the molecule is CCc1c(C(=O)N(C)OC)cnn1-c1cccc(Cl)c1. The van der Waals surface area contributed by atoms with Gasteiger partial charge >= 0.3 is 0 Å². The Labute approximate surface area is 122 Å². The first-order valence-corrected chi connectivity index (χ1v) is 6.61. The number of nitrogens with zero attached hydrogens (tertiary/aromatic N) is 3. The Morgan fingerprint density at radius 3 is 2.85 bits per heavy atom. The fraction of sp³-hybridized carbons (Fsp3) is 0.286. The first-order chi connectivity index (χ1) is 9.58. The van der Waals surface area contributed by atoms with Gasteiger partial charge in [-0.2, -0.15) is 5.10 Å². The predicted molar refractivity (Wildman–Crippen MR) is 77.1 cm³/mol. The molecule has 0 fully saturated rings. The minimum atomic E-state index is -0.224. The fourth-order valence-corrected chi connectivity index (χ4v) is 2.16. The van der Waals surface area contributed by atoms with Gasteiger partial charge in [0, 0.05) is 12.1 Å². The Morgan fingerprint density at radius 2 is 2.25 bits per heavy atom. The Bertz CT molecular complexity index is 625. The lowest BCUT2D eigenvalue weighted by atomic mass is 10.2. The van der Waals surface area contributed by atoms with Crippen molar-refractivity contribution in [3.63, 3.8) is 0 Å². The number of rotatable bonds is 4. The number of carbonyl (C=O) groups excluding carboxylic acids is 1. The van der Waals surface area contributed by atoms with Crippen molar-refractivity contribution >= 4 is 17.5 Å². The minimum Gasteiger partial charge on any atom is -0.274 e. The summed E-state index contributed by atoms with van der Waals surface area (Å²) >= 11 is 6.00. The van der Waals surface area contributed by atoms with E-state index in [0.717, 1.165) is 11.4 Å². The summed E-state index contributed by atoms with van der Waals surface area (Å²) in [4.78, 5) is 17.1. The summed E-state index contributed by atoms with van der Waals surface area (Å²) in [5.41, 5.74) is 2.17. The summed E-state index contributed by atoms with van der Waals surface area (Å²) in [7, 11) is 3.02. The fourth-order valence-electron chi connectivity index (χ4n) is 1.98. The van der Waals surface area contributed by atoms with Crippen LogP contribution in [0, 0.1) is 0 Å². The second kappa shape index (κ2) is 6.07. The summed E-state index contributed by atoms with van der Waals surface area (Å²) in [6.45, 7) is 1.97. The molecule has 6 heteroatoms. The van der Waals surface area contributed by atoms with E-state index in [0.29, 0.717) is 17.0 Å². The second-order valence-corrected chi connectivity index (χ2v) is 4.67. The molecule has 0 saturated heterocycles. The molecule has 0 atom stereocenters. The van der Waals surface area contributed by atoms with Gasteiger partial charge in [-0.25, -0.2) is 9.75 Å². The Morgan fingerprint density at radius 1 is 1.50 bits per heavy atom. The number of benzene rings is 1. The van der Waals surface area contributed by atoms with E-state index in [1.807, 2.05) is 25.1 Å². The first-order valence-electron chi connectivity index (χ1n) is 6.23. The van der Waals surface area contributed by atoms with Crippen molar-refractivity contribution in [3.8, 4) is 5.69 Å². The Kier molecular flexibility index (Phi) is 4.42. The molecule has 0 spiro atoms. The molecule has 0 bridgehead atoms. The van der Waals surface area contributed by atoms with Crippen molar-refractivity contribution in [2.45, 2.75) is 13.3 Å². The summed E-state index contributed by atoms with van der Waals surface area (Å²) in [6.07, 6.45) is 2.22. The van der Waals surface area contributed by atoms with Crippen molar-refractivity contribution in [2.75, 3.05) is 14.2 Å². The van der Waals surface area contributed by atoms with Crippen LogP contribution in [0.4, 0.5) is 0 Å². The number of amides is 1. The van der Waals surface area contributed by atoms with Crippen molar-refractivity contribution in [3.05, 3.63) is 46.7 Å². The average Bonchev–Trinajstić information content (AvgIpc) is 2.89. The number of hydroxylamine groups is 2. The third-order valence-corrected chi connectivity index (χ3v) is 3.28. The van der Waals surface area contributed by atoms with Gasteiger partial charge in [-0.3, -0.25) is 9.63 Å². The zero-order valence-electron chi connectivity index (χ0n) is 11.6. The average molecular weight is 294 g/mol. The molecule has 1 aromatic heterocycles. The monoisotopic (exact) mass is 293 g/mol. The van der Waals surface area contributed by atoms with Crippen LogP contribution >= 0.6 is 11.6 Å². The van der Waals surface area contributed by atoms with Crippen LogP contribution in [0.15, 0.2) is 30.5 Å². The number of hydrogen-bond donors (Lipinski definition) is 0. The summed E-state index contributed by atoms with van der Waals surface area (Å²) in [5.74, 6) is -0.224. The van der Waals surface area contributed by atoms with E-state index < -0.39 is 0 Å². The van der Waals surface area contributed by atoms with Crippen molar-refractivity contribution in [2.24, 2.45) is 0 Å². The lowest BCUT2D eigenvalue weighted by Gasteiger charge is -2.14. The standard InChI is InChI=1S/C14H16ClN3O2/c1-4-13-12(14(19)17(2)20-3)9-16-18(13)11-7-5-6-10(15)8-11/h5-9H,4H2,1-3H3. The number of aromatic nitrogens is 2. The van der Waals surface area contributed by atoms with Crippen LogP contribution in [-0.4, -0.2) is 34.9 Å². The molecule has 1 aromatic carbocycles. The largest absolute Gasteiger partial charge is 0.280 e. The molecule has 2 aromatic rings. The first kappa shape index (κ1) is 14.6. The molecule has 0 saturated carbocycles. The molecule has 0 aliphatic carbocycles. The molecular formula is C14H16ClN3O2. The van der Waals surface area contributed by atoms with Gasteiger partial charge in [-0.05, 0) is 24.6 Å². The van der Waals surface area contributed by atoms with Crippen molar-refractivity contribution < 1.29 is 9.63 Å². The number of halogens is 1. The minimum absolute atomic E-state index is 0.224. The summed E-state index contributed by atoms with van der Waals surface area (Å²) < 4.78 is 1.72. The Balaban J connectivity index is 2.47. The summed E-state index contributed by atoms with van der Waals surface area (Å²) in [6, 6.07) is 7.35. The molecule has 2 rings (SSSR count). The topological polar surface area (TPSA) is 47.4 Å². The molecular weight excluding hydrogens is 278 g/mol. The van der Waals surface area contributed by atoms with E-state index >= 15 is 0 Å². The van der Waals surface area contributed by atoms with Crippen LogP contribution in [0.25, 0.3) is 5.69 Å². The van der Waals surface area contributed by atoms with Gasteiger partial charge in [0.15, 0.2) is 0 Å². The predicted octanol–water partition coefficient (Wildman–Crippen LogP) is 2.72. The normalized spacial score (nSPS) is 10.6. The maximum Gasteiger partial charge on any atom is 0.280 e. The second-order valence-electron chi connectivity index (χ2n) is 4.24. The third kappa shape index (κ3) is 2.69. The zero-order valence-corrected chi connectivity index (χ0v) is 12.4. The van der Waals surface area contributed by atoms with Gasteiger partial charge in [0.1, 0.15) is 0 Å². The maximum absolute atomic E-state index is 12.2. The van der Waals surface area contributed by atoms with Crippen LogP contribution in [0.5, 0.6) is 0 Å². The molecule has 0 N–H and O–H groups in total. The van der Waals surface area contributed by atoms with E-state index in [-0.39, 0.29) is 5.91 Å². The quantitative estimate of drug-likeness (QED) is 0.814. The van der Waals surface area contributed by atoms with E-state index in [9.17, 15) is 4.79 Å². The van der Waals surface area contributed by atoms with Gasteiger partial charge in [-0.15, -0.1) is 0 Å². The van der Waals surface area contributed by atoms with Gasteiger partial charge < -0.3 is 0 Å². The highest BCUT2D eigenvalue weighted by molar-refractivity contribution is 6.30. The van der Waals surface area contributed by atoms with Crippen LogP contribution < -0.4 is 0 Å². The molecule has 106 valence electrons. The van der Waals surface area contributed by atoms with Crippen molar-refractivity contribution in [1.82, 2.24) is 14.8 Å². The Hall–Kier alpha value is -1.85. The van der Waals surface area contributed by atoms with Crippen molar-refractivity contribution in [1.29, 1.82) is 0 Å². The van der Waals surface area contributed by atoms with E-state index in [2.05, 4.69) is 5.10 Å². The van der Waals surface area contributed by atoms with Gasteiger partial charge in [0.25, 0.3) is 5.91 Å². The molecule has 1 amide bonds. The van der Waals surface area contributed by atoms with Crippen LogP contribution in [-0.2, 0) is 11.3 Å². The highest BCUT2D eigenvalue weighted by Gasteiger charge is 2.20. The number of hydrogen-bond acceptors (Lipinski definition) is 3. The third-order valence-electron chi connectivity index (χ3n) is 3.05. The van der Waals surface area contributed by atoms with Crippen LogP contribution in [0.3, 0.4) is 0 Å². The molecule has 20 heavy (non-hydrogen) atoms. The van der Waals surface area contributed by atoms with E-state index in [4.69, 9.17) is 16.4 Å². The maximum atomic E-state index is 12.2. The lowest BCUT2D eigenvalue weighted by molar-refractivity contribution is -0.0757. The lowest BCUT2D eigenvalue weighted by Crippen LogP contribution is -2.26. The molecule has 5 nitrogen and oxygen atoms in total. The van der Waals surface area contributed by atoms with Crippen LogP contribution in [0.1, 0.15) is 23.0 Å². The highest BCUT2D eigenvalue weighted by atomic mass is 35.5. The highest BCUT2D eigenvalue weighted by Crippen LogP contribution is 2.19. The van der Waals surface area contributed by atoms with E-state index in [1.165, 1.54) is 12.2 Å². The number of carbonyl (C=O) groups is 1. The van der Waals surface area contributed by atoms with Gasteiger partial charge in [0.05, 0.1) is 30.3 Å². The van der Waals surface area contributed by atoms with Gasteiger partial charge in [0.2, 0.25) is 0 Å². The summed E-state index contributed by atoms with van der Waals surface area (Å²) in [5, 5.41) is 6.10. The van der Waals surface area contributed by atoms with E-state index in [1.54, 1.807) is 24.0 Å². The molecule has 0 unspecified atom stereocenters. The van der Waals surface area contributed by atoms with Gasteiger partial charge in [-0.1, -0.05) is 24.6 Å². The van der Waals surface area contributed by atoms with Crippen LogP contribution in [0.2, 0.25) is 5.02 Å². The molecule has 0 aliphatic heterocycles. The molecule has 1 heterocycles. The zero-order chi connectivity index (χ0) is 14.7. The molecule has 0 radical (unpaired) electrons.